The Bertz CT molecular complexity index is 586. The highest BCUT2D eigenvalue weighted by atomic mass is 79.9. The Labute approximate surface area is 125 Å². The van der Waals surface area contributed by atoms with Gasteiger partial charge in [-0.2, -0.15) is 0 Å². The Hall–Kier alpha value is -1.32. The molecule has 0 atom stereocenters. The van der Waals surface area contributed by atoms with Crippen molar-refractivity contribution in [3.8, 4) is 0 Å². The Balaban J connectivity index is 1.90. The lowest BCUT2D eigenvalue weighted by atomic mass is 10.1. The highest BCUT2D eigenvalue weighted by Gasteiger charge is 2.08. The van der Waals surface area contributed by atoms with Gasteiger partial charge in [-0.05, 0) is 52.2 Å². The first-order chi connectivity index (χ1) is 9.16. The largest absolute Gasteiger partial charge is 0.352 e. The molecular weight excluding hydrogens is 326 g/mol. The van der Waals surface area contributed by atoms with Crippen molar-refractivity contribution in [2.75, 3.05) is 6.54 Å². The lowest BCUT2D eigenvalue weighted by molar-refractivity contribution is 0.0953. The van der Waals surface area contributed by atoms with Crippen molar-refractivity contribution < 1.29 is 4.79 Å². The molecule has 4 heteroatoms. The predicted molar refractivity (Wildman–Crippen MR) is 81.6 cm³/mol. The average molecular weight is 339 g/mol. The van der Waals surface area contributed by atoms with Gasteiger partial charge in [-0.1, -0.05) is 35.9 Å². The van der Waals surface area contributed by atoms with Gasteiger partial charge in [-0.15, -0.1) is 0 Å². The maximum absolute atomic E-state index is 12.0. The first-order valence-corrected chi connectivity index (χ1v) is 7.11. The van der Waals surface area contributed by atoms with E-state index < -0.39 is 0 Å². The molecule has 0 bridgehead atoms. The molecule has 2 rings (SSSR count). The van der Waals surface area contributed by atoms with Crippen molar-refractivity contribution in [2.45, 2.75) is 6.42 Å². The van der Waals surface area contributed by atoms with Crippen LogP contribution in [0.4, 0.5) is 0 Å². The zero-order valence-electron chi connectivity index (χ0n) is 10.2. The Kier molecular flexibility index (Phi) is 5.00. The van der Waals surface area contributed by atoms with Gasteiger partial charge in [0.25, 0.3) is 5.91 Å². The van der Waals surface area contributed by atoms with Crippen LogP contribution in [0.3, 0.4) is 0 Å². The summed E-state index contributed by atoms with van der Waals surface area (Å²) >= 11 is 9.27. The SMILES string of the molecule is O=C(NCCc1cccc(Cl)c1)c1ccccc1Br. The quantitative estimate of drug-likeness (QED) is 0.894. The molecule has 1 amide bonds. The predicted octanol–water partition coefficient (Wildman–Crippen LogP) is 4.08. The van der Waals surface area contributed by atoms with Crippen molar-refractivity contribution in [3.63, 3.8) is 0 Å². The molecule has 0 fully saturated rings. The van der Waals surface area contributed by atoms with E-state index in [2.05, 4.69) is 21.2 Å². The van der Waals surface area contributed by atoms with Crippen LogP contribution >= 0.6 is 27.5 Å². The summed E-state index contributed by atoms with van der Waals surface area (Å²) in [5, 5.41) is 3.61. The second kappa shape index (κ2) is 6.73. The second-order valence-electron chi connectivity index (χ2n) is 4.12. The van der Waals surface area contributed by atoms with E-state index in [9.17, 15) is 4.79 Å². The van der Waals surface area contributed by atoms with Gasteiger partial charge in [0.15, 0.2) is 0 Å². The number of hydrogen-bond acceptors (Lipinski definition) is 1. The second-order valence-corrected chi connectivity index (χ2v) is 5.41. The minimum absolute atomic E-state index is 0.0745. The van der Waals surface area contributed by atoms with Gasteiger partial charge in [0, 0.05) is 16.0 Å². The molecule has 0 heterocycles. The topological polar surface area (TPSA) is 29.1 Å². The molecule has 0 aliphatic heterocycles. The van der Waals surface area contributed by atoms with Crippen LogP contribution in [-0.4, -0.2) is 12.5 Å². The number of hydrogen-bond donors (Lipinski definition) is 1. The van der Waals surface area contributed by atoms with Crippen LogP contribution in [0.25, 0.3) is 0 Å². The summed E-state index contributed by atoms with van der Waals surface area (Å²) in [5.74, 6) is -0.0745. The summed E-state index contributed by atoms with van der Waals surface area (Å²) < 4.78 is 0.801. The molecule has 0 aliphatic rings. The molecule has 1 N–H and O–H groups in total. The Morgan fingerprint density at radius 3 is 2.68 bits per heavy atom. The van der Waals surface area contributed by atoms with Crippen LogP contribution in [-0.2, 0) is 6.42 Å². The zero-order chi connectivity index (χ0) is 13.7. The third-order valence-electron chi connectivity index (χ3n) is 2.71. The molecule has 2 aromatic rings. The fourth-order valence-corrected chi connectivity index (χ4v) is 2.43. The average Bonchev–Trinajstić information content (AvgIpc) is 2.39. The molecule has 0 aliphatic carbocycles. The van der Waals surface area contributed by atoms with Gasteiger partial charge in [0.2, 0.25) is 0 Å². The van der Waals surface area contributed by atoms with Crippen LogP contribution < -0.4 is 5.32 Å². The van der Waals surface area contributed by atoms with Gasteiger partial charge in [0.05, 0.1) is 5.56 Å². The van der Waals surface area contributed by atoms with Gasteiger partial charge in [-0.3, -0.25) is 4.79 Å². The van der Waals surface area contributed by atoms with Crippen LogP contribution in [0.2, 0.25) is 5.02 Å². The van der Waals surface area contributed by atoms with Crippen LogP contribution in [0.1, 0.15) is 15.9 Å². The highest BCUT2D eigenvalue weighted by Crippen LogP contribution is 2.15. The minimum atomic E-state index is -0.0745. The van der Waals surface area contributed by atoms with Crippen LogP contribution in [0, 0.1) is 0 Å². The van der Waals surface area contributed by atoms with E-state index in [1.165, 1.54) is 0 Å². The third kappa shape index (κ3) is 4.08. The van der Waals surface area contributed by atoms with E-state index in [0.717, 1.165) is 21.5 Å². The lowest BCUT2D eigenvalue weighted by Crippen LogP contribution is -2.25. The molecule has 0 radical (unpaired) electrons. The first kappa shape index (κ1) is 14.1. The van der Waals surface area contributed by atoms with Gasteiger partial charge in [0.1, 0.15) is 0 Å². The van der Waals surface area contributed by atoms with E-state index in [0.29, 0.717) is 12.1 Å². The van der Waals surface area contributed by atoms with Crippen molar-refractivity contribution in [1.29, 1.82) is 0 Å². The van der Waals surface area contributed by atoms with Gasteiger partial charge >= 0.3 is 0 Å². The zero-order valence-corrected chi connectivity index (χ0v) is 12.5. The molecule has 98 valence electrons. The summed E-state index contributed by atoms with van der Waals surface area (Å²) in [5.41, 5.74) is 1.76. The molecule has 2 nitrogen and oxygen atoms in total. The standard InChI is InChI=1S/C15H13BrClNO/c16-14-7-2-1-6-13(14)15(19)18-9-8-11-4-3-5-12(17)10-11/h1-7,10H,8-9H2,(H,18,19). The van der Waals surface area contributed by atoms with Crippen LogP contribution in [0.15, 0.2) is 53.0 Å². The summed E-state index contributed by atoms with van der Waals surface area (Å²) in [6, 6.07) is 15.0. The minimum Gasteiger partial charge on any atom is -0.352 e. The van der Waals surface area contributed by atoms with Gasteiger partial charge < -0.3 is 5.32 Å². The van der Waals surface area contributed by atoms with E-state index >= 15 is 0 Å². The van der Waals surface area contributed by atoms with E-state index in [1.54, 1.807) is 6.07 Å². The number of halogens is 2. The number of nitrogens with one attached hydrogen (secondary N) is 1. The fraction of sp³-hybridized carbons (Fsp3) is 0.133. The number of amides is 1. The molecule has 0 saturated heterocycles. The summed E-state index contributed by atoms with van der Waals surface area (Å²) in [6.45, 7) is 0.584. The number of benzene rings is 2. The molecule has 0 spiro atoms. The van der Waals surface area contributed by atoms with Crippen molar-refractivity contribution in [3.05, 3.63) is 69.2 Å². The molecule has 0 saturated carbocycles. The molecular formula is C15H13BrClNO. The van der Waals surface area contributed by atoms with E-state index in [4.69, 9.17) is 11.6 Å². The van der Waals surface area contributed by atoms with Crippen molar-refractivity contribution >= 4 is 33.4 Å². The summed E-state index contributed by atoms with van der Waals surface area (Å²) in [7, 11) is 0. The molecule has 0 unspecified atom stereocenters. The monoisotopic (exact) mass is 337 g/mol. The number of rotatable bonds is 4. The van der Waals surface area contributed by atoms with E-state index in [-0.39, 0.29) is 5.91 Å². The Morgan fingerprint density at radius 1 is 1.16 bits per heavy atom. The summed E-state index contributed by atoms with van der Waals surface area (Å²) in [6.07, 6.45) is 0.761. The van der Waals surface area contributed by atoms with Crippen molar-refractivity contribution in [2.24, 2.45) is 0 Å². The third-order valence-corrected chi connectivity index (χ3v) is 3.63. The maximum atomic E-state index is 12.0. The number of carbonyl (C=O) groups excluding carboxylic acids is 1. The lowest BCUT2D eigenvalue weighted by Gasteiger charge is -2.07. The normalized spacial score (nSPS) is 10.2. The van der Waals surface area contributed by atoms with Crippen molar-refractivity contribution in [1.82, 2.24) is 5.32 Å². The Morgan fingerprint density at radius 2 is 1.95 bits per heavy atom. The van der Waals surface area contributed by atoms with Crippen LogP contribution in [0.5, 0.6) is 0 Å². The summed E-state index contributed by atoms with van der Waals surface area (Å²) in [4.78, 5) is 12.0. The molecule has 19 heavy (non-hydrogen) atoms. The molecule has 2 aromatic carbocycles. The highest BCUT2D eigenvalue weighted by molar-refractivity contribution is 9.10. The molecule has 0 aromatic heterocycles. The number of carbonyl (C=O) groups is 1. The first-order valence-electron chi connectivity index (χ1n) is 5.94. The maximum Gasteiger partial charge on any atom is 0.252 e. The van der Waals surface area contributed by atoms with Gasteiger partial charge in [-0.25, -0.2) is 0 Å². The van der Waals surface area contributed by atoms with E-state index in [1.807, 2.05) is 42.5 Å². The smallest absolute Gasteiger partial charge is 0.252 e. The fourth-order valence-electron chi connectivity index (χ4n) is 1.75.